The van der Waals surface area contributed by atoms with Gasteiger partial charge in [0.2, 0.25) is 0 Å². The highest BCUT2D eigenvalue weighted by molar-refractivity contribution is 7.92. The first kappa shape index (κ1) is 9.12. The molecule has 0 aromatic heterocycles. The zero-order chi connectivity index (χ0) is 9.76. The van der Waals surface area contributed by atoms with Gasteiger partial charge in [-0.1, -0.05) is 0 Å². The Morgan fingerprint density at radius 1 is 1.36 bits per heavy atom. The van der Waals surface area contributed by atoms with E-state index < -0.39 is 9.84 Å². The quantitative estimate of drug-likeness (QED) is 0.648. The Morgan fingerprint density at radius 3 is 2.57 bits per heavy atom. The minimum Gasteiger partial charge on any atom is -0.316 e. The van der Waals surface area contributed by atoms with Crippen molar-refractivity contribution >= 4 is 9.84 Å². The van der Waals surface area contributed by atoms with Crippen LogP contribution in [0.4, 0.5) is 0 Å². The maximum absolute atomic E-state index is 11.5. The molecule has 2 unspecified atom stereocenters. The minimum absolute atomic E-state index is 0.0412. The predicted molar refractivity (Wildman–Crippen MR) is 53.9 cm³/mol. The van der Waals surface area contributed by atoms with Gasteiger partial charge in [0.15, 0.2) is 9.84 Å². The van der Waals surface area contributed by atoms with Gasteiger partial charge in [0, 0.05) is 32.2 Å². The monoisotopic (exact) mass is 216 g/mol. The highest BCUT2D eigenvalue weighted by Crippen LogP contribution is 2.33. The molecule has 0 aliphatic carbocycles. The number of rotatable bonds is 2. The van der Waals surface area contributed by atoms with Gasteiger partial charge in [-0.3, -0.25) is 4.90 Å². The molecule has 0 radical (unpaired) electrons. The van der Waals surface area contributed by atoms with E-state index in [0.29, 0.717) is 11.8 Å². The maximum Gasteiger partial charge on any atom is 0.156 e. The number of hydrogen-bond acceptors (Lipinski definition) is 4. The van der Waals surface area contributed by atoms with Crippen molar-refractivity contribution in [1.29, 1.82) is 0 Å². The second-order valence-electron chi connectivity index (χ2n) is 4.82. The number of hydrogen-bond donors (Lipinski definition) is 1. The van der Waals surface area contributed by atoms with E-state index in [2.05, 4.69) is 10.2 Å². The van der Waals surface area contributed by atoms with Crippen molar-refractivity contribution in [2.24, 2.45) is 5.92 Å². The van der Waals surface area contributed by atoms with Crippen LogP contribution in [0.2, 0.25) is 0 Å². The topological polar surface area (TPSA) is 49.4 Å². The fourth-order valence-corrected chi connectivity index (χ4v) is 4.90. The van der Waals surface area contributed by atoms with Gasteiger partial charge < -0.3 is 5.32 Å². The third kappa shape index (κ3) is 1.30. The Kier molecular flexibility index (Phi) is 1.91. The van der Waals surface area contributed by atoms with E-state index in [-0.39, 0.29) is 5.25 Å². The first-order valence-electron chi connectivity index (χ1n) is 5.31. The van der Waals surface area contributed by atoms with Crippen LogP contribution in [0.15, 0.2) is 0 Å². The van der Waals surface area contributed by atoms with Crippen molar-refractivity contribution in [3.8, 4) is 0 Å². The Bertz CT molecular complexity index is 337. The minimum atomic E-state index is -2.70. The molecular weight excluding hydrogens is 200 g/mol. The van der Waals surface area contributed by atoms with Crippen LogP contribution in [0.1, 0.15) is 6.42 Å². The number of fused-ring (bicyclic) bond motifs is 2. The van der Waals surface area contributed by atoms with Crippen LogP contribution in [0.25, 0.3) is 0 Å². The third-order valence-electron chi connectivity index (χ3n) is 3.78. The molecule has 3 aliphatic rings. The SMILES string of the molecule is O=S1(=O)CC2CC1CN2CC1CNC1. The summed E-state index contributed by atoms with van der Waals surface area (Å²) in [5.41, 5.74) is 0. The van der Waals surface area contributed by atoms with E-state index in [9.17, 15) is 8.42 Å². The Morgan fingerprint density at radius 2 is 2.14 bits per heavy atom. The average molecular weight is 216 g/mol. The molecule has 0 aromatic rings. The van der Waals surface area contributed by atoms with E-state index in [4.69, 9.17) is 0 Å². The van der Waals surface area contributed by atoms with Crippen molar-refractivity contribution in [2.45, 2.75) is 17.7 Å². The molecule has 3 saturated heterocycles. The van der Waals surface area contributed by atoms with Gasteiger partial charge in [-0.25, -0.2) is 8.42 Å². The van der Waals surface area contributed by atoms with Crippen LogP contribution in [0.5, 0.6) is 0 Å². The van der Waals surface area contributed by atoms with Crippen LogP contribution in [-0.2, 0) is 9.84 Å². The molecule has 1 N–H and O–H groups in total. The highest BCUT2D eigenvalue weighted by atomic mass is 32.2. The second kappa shape index (κ2) is 2.93. The van der Waals surface area contributed by atoms with Gasteiger partial charge in [0.25, 0.3) is 0 Å². The number of nitrogens with one attached hydrogen (secondary N) is 1. The first-order valence-corrected chi connectivity index (χ1v) is 7.03. The summed E-state index contributed by atoms with van der Waals surface area (Å²) in [6, 6.07) is 0.339. The molecular formula is C9H16N2O2S. The third-order valence-corrected chi connectivity index (χ3v) is 5.99. The summed E-state index contributed by atoms with van der Waals surface area (Å²) in [4.78, 5) is 2.39. The lowest BCUT2D eigenvalue weighted by molar-refractivity contribution is 0.186. The molecule has 0 saturated carbocycles. The zero-order valence-corrected chi connectivity index (χ0v) is 8.96. The molecule has 2 atom stereocenters. The van der Waals surface area contributed by atoms with Gasteiger partial charge in [0.1, 0.15) is 0 Å². The van der Waals surface area contributed by atoms with Gasteiger partial charge in [0.05, 0.1) is 11.0 Å². The molecule has 14 heavy (non-hydrogen) atoms. The van der Waals surface area contributed by atoms with Crippen molar-refractivity contribution in [3.05, 3.63) is 0 Å². The van der Waals surface area contributed by atoms with Gasteiger partial charge in [-0.05, 0) is 12.3 Å². The van der Waals surface area contributed by atoms with E-state index >= 15 is 0 Å². The largest absolute Gasteiger partial charge is 0.316 e. The Hall–Kier alpha value is -0.130. The summed E-state index contributed by atoms with van der Waals surface area (Å²) in [5.74, 6) is 1.18. The van der Waals surface area contributed by atoms with Crippen LogP contribution in [0, 0.1) is 5.92 Å². The van der Waals surface area contributed by atoms with Gasteiger partial charge >= 0.3 is 0 Å². The van der Waals surface area contributed by atoms with Gasteiger partial charge in [-0.15, -0.1) is 0 Å². The molecule has 80 valence electrons. The van der Waals surface area contributed by atoms with Crippen molar-refractivity contribution in [1.82, 2.24) is 10.2 Å². The van der Waals surface area contributed by atoms with E-state index in [1.165, 1.54) is 0 Å². The smallest absolute Gasteiger partial charge is 0.156 e. The lowest BCUT2D eigenvalue weighted by atomic mass is 10.0. The second-order valence-corrected chi connectivity index (χ2v) is 7.14. The van der Waals surface area contributed by atoms with E-state index in [1.807, 2.05) is 0 Å². The summed E-state index contributed by atoms with van der Waals surface area (Å²) in [7, 11) is -2.70. The molecule has 3 aliphatic heterocycles. The van der Waals surface area contributed by atoms with Crippen LogP contribution >= 0.6 is 0 Å². The molecule has 4 nitrogen and oxygen atoms in total. The lowest BCUT2D eigenvalue weighted by Crippen LogP contribution is -2.51. The average Bonchev–Trinajstić information content (AvgIpc) is 2.51. The zero-order valence-electron chi connectivity index (χ0n) is 8.15. The number of likely N-dealkylation sites (tertiary alicyclic amines) is 1. The molecule has 5 heteroatoms. The lowest BCUT2D eigenvalue weighted by Gasteiger charge is -2.35. The molecule has 0 aromatic carbocycles. The fraction of sp³-hybridized carbons (Fsp3) is 1.00. The number of sulfone groups is 1. The molecule has 0 amide bonds. The molecule has 3 heterocycles. The molecule has 2 bridgehead atoms. The fourth-order valence-electron chi connectivity index (χ4n) is 2.81. The first-order chi connectivity index (χ1) is 6.65. The normalized spacial score (nSPS) is 41.4. The number of nitrogens with zero attached hydrogens (tertiary/aromatic N) is 1. The standard InChI is InChI=1S/C9H16N2O2S/c12-14(13)6-8-1-9(14)5-11(8)4-7-2-10-3-7/h7-10H,1-6H2. The predicted octanol–water partition coefficient (Wildman–Crippen LogP) is -0.923. The van der Waals surface area contributed by atoms with Crippen LogP contribution in [-0.4, -0.2) is 56.5 Å². The summed E-state index contributed by atoms with van der Waals surface area (Å²) >= 11 is 0. The summed E-state index contributed by atoms with van der Waals surface area (Å²) in [6.07, 6.45) is 0.891. The Balaban J connectivity index is 1.65. The molecule has 0 spiro atoms. The Labute approximate surface area is 84.6 Å². The van der Waals surface area contributed by atoms with Gasteiger partial charge in [-0.2, -0.15) is 0 Å². The summed E-state index contributed by atoms with van der Waals surface area (Å²) < 4.78 is 23.0. The summed E-state index contributed by atoms with van der Waals surface area (Å²) in [5, 5.41) is 3.21. The molecule has 3 rings (SSSR count). The summed E-state index contributed by atoms with van der Waals surface area (Å²) in [6.45, 7) is 4.12. The van der Waals surface area contributed by atoms with E-state index in [0.717, 1.165) is 38.5 Å². The van der Waals surface area contributed by atoms with Crippen LogP contribution < -0.4 is 5.32 Å². The highest BCUT2D eigenvalue weighted by Gasteiger charge is 2.48. The van der Waals surface area contributed by atoms with E-state index in [1.54, 1.807) is 0 Å². The maximum atomic E-state index is 11.5. The van der Waals surface area contributed by atoms with Crippen molar-refractivity contribution < 1.29 is 8.42 Å². The van der Waals surface area contributed by atoms with Crippen molar-refractivity contribution in [3.63, 3.8) is 0 Å². The van der Waals surface area contributed by atoms with Crippen molar-refractivity contribution in [2.75, 3.05) is 31.9 Å². The van der Waals surface area contributed by atoms with Crippen LogP contribution in [0.3, 0.4) is 0 Å². The molecule has 3 fully saturated rings.